The van der Waals surface area contributed by atoms with Gasteiger partial charge in [-0.1, -0.05) is 33.8 Å². The number of carbonyl (C=O) groups is 1. The number of hydrogen-bond acceptors (Lipinski definition) is 3. The largest absolute Gasteiger partial charge is 0.506 e. The lowest BCUT2D eigenvalue weighted by Crippen LogP contribution is -2.17. The number of aryl methyl sites for hydroxylation is 1. The van der Waals surface area contributed by atoms with E-state index in [2.05, 4.69) is 4.98 Å². The Labute approximate surface area is 102 Å². The van der Waals surface area contributed by atoms with Crippen LogP contribution in [0.1, 0.15) is 39.0 Å². The molecule has 1 aromatic rings. The zero-order valence-corrected chi connectivity index (χ0v) is 10.8. The SMILES string of the molecule is CCc1ccc(C(O)=CC(=O)C(C)(C)C)nc1. The number of aliphatic hydroxyl groups is 1. The van der Waals surface area contributed by atoms with Crippen LogP contribution in [-0.2, 0) is 11.2 Å². The van der Waals surface area contributed by atoms with E-state index in [0.29, 0.717) is 5.69 Å². The summed E-state index contributed by atoms with van der Waals surface area (Å²) in [6.45, 7) is 7.47. The predicted molar refractivity (Wildman–Crippen MR) is 68.7 cm³/mol. The smallest absolute Gasteiger partial charge is 0.164 e. The molecule has 3 heteroatoms. The van der Waals surface area contributed by atoms with Crippen molar-refractivity contribution < 1.29 is 9.90 Å². The maximum Gasteiger partial charge on any atom is 0.164 e. The summed E-state index contributed by atoms with van der Waals surface area (Å²) in [4.78, 5) is 15.8. The molecule has 1 rings (SSSR count). The maximum absolute atomic E-state index is 11.7. The Bertz CT molecular complexity index is 425. The fraction of sp³-hybridized carbons (Fsp3) is 0.429. The first-order valence-corrected chi connectivity index (χ1v) is 5.75. The summed E-state index contributed by atoms with van der Waals surface area (Å²) in [5.74, 6) is -0.191. The third-order valence-electron chi connectivity index (χ3n) is 2.50. The number of aromatic nitrogens is 1. The van der Waals surface area contributed by atoms with Crippen molar-refractivity contribution >= 4 is 11.5 Å². The van der Waals surface area contributed by atoms with Crippen LogP contribution >= 0.6 is 0 Å². The normalized spacial score (nSPS) is 12.6. The number of carbonyl (C=O) groups excluding carboxylic acids is 1. The van der Waals surface area contributed by atoms with E-state index in [1.165, 1.54) is 6.08 Å². The number of rotatable bonds is 3. The fourth-order valence-electron chi connectivity index (χ4n) is 1.20. The van der Waals surface area contributed by atoms with Gasteiger partial charge in [0.15, 0.2) is 5.78 Å². The Balaban J connectivity index is 2.92. The topological polar surface area (TPSA) is 50.2 Å². The van der Waals surface area contributed by atoms with Gasteiger partial charge in [-0.3, -0.25) is 9.78 Å². The maximum atomic E-state index is 11.7. The van der Waals surface area contributed by atoms with Crippen LogP contribution in [0, 0.1) is 5.41 Å². The molecular weight excluding hydrogens is 214 g/mol. The summed E-state index contributed by atoms with van der Waals surface area (Å²) < 4.78 is 0. The molecule has 0 atom stereocenters. The predicted octanol–water partition coefficient (Wildman–Crippen LogP) is 3.16. The number of aliphatic hydroxyl groups excluding tert-OH is 1. The summed E-state index contributed by atoms with van der Waals surface area (Å²) in [6.07, 6.45) is 3.85. The highest BCUT2D eigenvalue weighted by atomic mass is 16.3. The lowest BCUT2D eigenvalue weighted by molar-refractivity contribution is -0.121. The van der Waals surface area contributed by atoms with Gasteiger partial charge in [-0.2, -0.15) is 0 Å². The number of allylic oxidation sites excluding steroid dienone is 1. The van der Waals surface area contributed by atoms with Crippen LogP contribution in [0.25, 0.3) is 5.76 Å². The number of nitrogens with zero attached hydrogens (tertiary/aromatic N) is 1. The molecule has 0 spiro atoms. The molecule has 0 aromatic carbocycles. The molecule has 0 saturated carbocycles. The van der Waals surface area contributed by atoms with Gasteiger partial charge in [0.1, 0.15) is 11.5 Å². The first kappa shape index (κ1) is 13.4. The lowest BCUT2D eigenvalue weighted by atomic mass is 9.90. The van der Waals surface area contributed by atoms with E-state index >= 15 is 0 Å². The Morgan fingerprint density at radius 1 is 1.41 bits per heavy atom. The summed E-state index contributed by atoms with van der Waals surface area (Å²) in [7, 11) is 0. The van der Waals surface area contributed by atoms with Gasteiger partial charge in [0.25, 0.3) is 0 Å². The molecule has 0 saturated heterocycles. The van der Waals surface area contributed by atoms with Crippen molar-refractivity contribution in [3.8, 4) is 0 Å². The van der Waals surface area contributed by atoms with Crippen LogP contribution in [-0.4, -0.2) is 15.9 Å². The third kappa shape index (κ3) is 3.70. The molecule has 0 radical (unpaired) electrons. The van der Waals surface area contributed by atoms with Crippen molar-refractivity contribution in [2.24, 2.45) is 5.41 Å². The number of hydrogen-bond donors (Lipinski definition) is 1. The first-order chi connectivity index (χ1) is 7.84. The third-order valence-corrected chi connectivity index (χ3v) is 2.50. The summed E-state index contributed by atoms with van der Waals surface area (Å²) in [5.41, 5.74) is 1.04. The number of ketones is 1. The molecule has 0 unspecified atom stereocenters. The van der Waals surface area contributed by atoms with Gasteiger partial charge in [-0.15, -0.1) is 0 Å². The molecule has 3 nitrogen and oxygen atoms in total. The van der Waals surface area contributed by atoms with Gasteiger partial charge in [0.05, 0.1) is 0 Å². The molecule has 0 bridgehead atoms. The van der Waals surface area contributed by atoms with Crippen molar-refractivity contribution in [2.45, 2.75) is 34.1 Å². The van der Waals surface area contributed by atoms with Crippen LogP contribution in [0.15, 0.2) is 24.4 Å². The fourth-order valence-corrected chi connectivity index (χ4v) is 1.20. The lowest BCUT2D eigenvalue weighted by Gasteiger charge is -2.13. The van der Waals surface area contributed by atoms with Crippen molar-refractivity contribution in [3.63, 3.8) is 0 Å². The molecule has 92 valence electrons. The minimum absolute atomic E-state index is 0.0763. The van der Waals surface area contributed by atoms with Crippen molar-refractivity contribution in [1.29, 1.82) is 0 Å². The van der Waals surface area contributed by atoms with Gasteiger partial charge in [0, 0.05) is 17.7 Å². The zero-order valence-electron chi connectivity index (χ0n) is 10.8. The Hall–Kier alpha value is -1.64. The van der Waals surface area contributed by atoms with Gasteiger partial charge in [-0.25, -0.2) is 0 Å². The molecular formula is C14H19NO2. The molecule has 1 aromatic heterocycles. The molecule has 0 fully saturated rings. The molecule has 0 amide bonds. The molecule has 1 N–H and O–H groups in total. The Morgan fingerprint density at radius 2 is 2.06 bits per heavy atom. The molecule has 0 aliphatic carbocycles. The Kier molecular flexibility index (Phi) is 4.05. The Morgan fingerprint density at radius 3 is 2.47 bits per heavy atom. The van der Waals surface area contributed by atoms with Crippen LogP contribution in [0.3, 0.4) is 0 Å². The second kappa shape index (κ2) is 5.13. The van der Waals surface area contributed by atoms with E-state index in [-0.39, 0.29) is 11.5 Å². The first-order valence-electron chi connectivity index (χ1n) is 5.75. The summed E-state index contributed by atoms with van der Waals surface area (Å²) in [6, 6.07) is 3.62. The van der Waals surface area contributed by atoms with Crippen LogP contribution in [0.4, 0.5) is 0 Å². The molecule has 1 heterocycles. The van der Waals surface area contributed by atoms with Crippen molar-refractivity contribution in [2.75, 3.05) is 0 Å². The van der Waals surface area contributed by atoms with Crippen LogP contribution in [0.2, 0.25) is 0 Å². The molecule has 17 heavy (non-hydrogen) atoms. The summed E-state index contributed by atoms with van der Waals surface area (Å²) >= 11 is 0. The van der Waals surface area contributed by atoms with Crippen molar-refractivity contribution in [1.82, 2.24) is 4.98 Å². The quantitative estimate of drug-likeness (QED) is 0.644. The average molecular weight is 233 g/mol. The van der Waals surface area contributed by atoms with E-state index in [9.17, 15) is 9.90 Å². The zero-order chi connectivity index (χ0) is 13.1. The second-order valence-electron chi connectivity index (χ2n) is 5.05. The highest BCUT2D eigenvalue weighted by Gasteiger charge is 2.20. The van der Waals surface area contributed by atoms with E-state index in [1.807, 2.05) is 33.8 Å². The summed E-state index contributed by atoms with van der Waals surface area (Å²) in [5, 5.41) is 9.80. The van der Waals surface area contributed by atoms with Gasteiger partial charge < -0.3 is 5.11 Å². The number of pyridine rings is 1. The molecule has 0 aliphatic heterocycles. The van der Waals surface area contributed by atoms with Gasteiger partial charge in [0.2, 0.25) is 0 Å². The van der Waals surface area contributed by atoms with Crippen LogP contribution in [0.5, 0.6) is 0 Å². The second-order valence-corrected chi connectivity index (χ2v) is 5.05. The molecule has 0 aliphatic rings. The highest BCUT2D eigenvalue weighted by molar-refractivity contribution is 5.98. The van der Waals surface area contributed by atoms with E-state index < -0.39 is 5.41 Å². The van der Waals surface area contributed by atoms with Gasteiger partial charge in [-0.05, 0) is 18.1 Å². The van der Waals surface area contributed by atoms with Gasteiger partial charge >= 0.3 is 0 Å². The van der Waals surface area contributed by atoms with E-state index in [4.69, 9.17) is 0 Å². The average Bonchev–Trinajstić information content (AvgIpc) is 2.27. The monoisotopic (exact) mass is 233 g/mol. The van der Waals surface area contributed by atoms with E-state index in [0.717, 1.165) is 12.0 Å². The minimum atomic E-state index is -0.489. The van der Waals surface area contributed by atoms with E-state index in [1.54, 1.807) is 12.3 Å². The minimum Gasteiger partial charge on any atom is -0.506 e. The van der Waals surface area contributed by atoms with Crippen LogP contribution < -0.4 is 0 Å². The highest BCUT2D eigenvalue weighted by Crippen LogP contribution is 2.18. The standard InChI is InChI=1S/C14H19NO2/c1-5-10-6-7-11(15-9-10)12(16)8-13(17)14(2,3)4/h6-9,16H,5H2,1-4H3. The van der Waals surface area contributed by atoms with Crippen molar-refractivity contribution in [3.05, 3.63) is 35.7 Å².